The number of nitrogens with zero attached hydrogens (tertiary/aromatic N) is 2. The number of rotatable bonds is 2. The van der Waals surface area contributed by atoms with Crippen molar-refractivity contribution in [3.05, 3.63) is 11.6 Å². The first kappa shape index (κ1) is 16.8. The number of piperazine rings is 1. The van der Waals surface area contributed by atoms with E-state index in [4.69, 9.17) is 9.47 Å². The van der Waals surface area contributed by atoms with Crippen LogP contribution in [0, 0.1) is 0 Å². The van der Waals surface area contributed by atoms with Gasteiger partial charge in [-0.2, -0.15) is 0 Å². The second-order valence-corrected chi connectivity index (χ2v) is 6.84. The van der Waals surface area contributed by atoms with Crippen LogP contribution >= 0.6 is 0 Å². The molecular formula is C16H26N2O4. The Balaban J connectivity index is 2.13. The van der Waals surface area contributed by atoms with Crippen LogP contribution in [0.2, 0.25) is 0 Å². The Morgan fingerprint density at radius 2 is 2.00 bits per heavy atom. The fraction of sp³-hybridized carbons (Fsp3) is 0.750. The van der Waals surface area contributed by atoms with Crippen molar-refractivity contribution in [3.63, 3.8) is 0 Å². The van der Waals surface area contributed by atoms with E-state index >= 15 is 0 Å². The molecule has 1 saturated heterocycles. The van der Waals surface area contributed by atoms with Gasteiger partial charge in [-0.25, -0.2) is 9.59 Å². The maximum Gasteiger partial charge on any atom is 0.410 e. The largest absolute Gasteiger partial charge is 0.463 e. The number of likely N-dealkylation sites (N-methyl/N-ethyl adjacent to an activating group) is 1. The SMILES string of the molecule is CCOC(=O)C1=CCC2CN(C(=O)OC(C)(C)C)CC1N2C. The third-order valence-electron chi connectivity index (χ3n) is 4.02. The molecule has 0 aromatic rings. The number of ether oxygens (including phenoxy) is 2. The molecule has 0 aliphatic carbocycles. The molecule has 1 fully saturated rings. The van der Waals surface area contributed by atoms with Gasteiger partial charge in [-0.3, -0.25) is 4.90 Å². The smallest absolute Gasteiger partial charge is 0.410 e. The van der Waals surface area contributed by atoms with Crippen molar-refractivity contribution in [1.82, 2.24) is 9.80 Å². The van der Waals surface area contributed by atoms with Gasteiger partial charge < -0.3 is 14.4 Å². The Morgan fingerprint density at radius 1 is 1.32 bits per heavy atom. The molecular weight excluding hydrogens is 284 g/mol. The third kappa shape index (κ3) is 3.61. The fourth-order valence-electron chi connectivity index (χ4n) is 2.92. The van der Waals surface area contributed by atoms with Crippen molar-refractivity contribution in [3.8, 4) is 0 Å². The highest BCUT2D eigenvalue weighted by Gasteiger charge is 2.41. The molecule has 0 aromatic carbocycles. The van der Waals surface area contributed by atoms with Crippen LogP contribution in [0.3, 0.4) is 0 Å². The number of hydrogen-bond donors (Lipinski definition) is 0. The molecule has 2 bridgehead atoms. The summed E-state index contributed by atoms with van der Waals surface area (Å²) in [6.07, 6.45) is 2.38. The topological polar surface area (TPSA) is 59.1 Å². The summed E-state index contributed by atoms with van der Waals surface area (Å²) in [5.74, 6) is -0.288. The van der Waals surface area contributed by atoms with Crippen LogP contribution in [0.5, 0.6) is 0 Å². The van der Waals surface area contributed by atoms with Crippen LogP contribution in [0.1, 0.15) is 34.1 Å². The average molecular weight is 310 g/mol. The molecule has 22 heavy (non-hydrogen) atoms. The minimum atomic E-state index is -0.518. The van der Waals surface area contributed by atoms with E-state index < -0.39 is 5.60 Å². The van der Waals surface area contributed by atoms with Crippen molar-refractivity contribution in [2.45, 2.75) is 51.8 Å². The van der Waals surface area contributed by atoms with Crippen molar-refractivity contribution in [2.75, 3.05) is 26.7 Å². The zero-order valence-corrected chi connectivity index (χ0v) is 14.1. The summed E-state index contributed by atoms with van der Waals surface area (Å²) >= 11 is 0. The van der Waals surface area contributed by atoms with E-state index in [2.05, 4.69) is 4.90 Å². The average Bonchev–Trinajstić information content (AvgIpc) is 2.36. The summed E-state index contributed by atoms with van der Waals surface area (Å²) in [4.78, 5) is 28.3. The predicted octanol–water partition coefficient (Wildman–Crippen LogP) is 1.80. The Morgan fingerprint density at radius 3 is 2.59 bits per heavy atom. The Bertz CT molecular complexity index is 481. The minimum Gasteiger partial charge on any atom is -0.463 e. The third-order valence-corrected chi connectivity index (χ3v) is 4.02. The highest BCUT2D eigenvalue weighted by molar-refractivity contribution is 5.90. The molecule has 0 radical (unpaired) electrons. The van der Waals surface area contributed by atoms with Gasteiger partial charge in [0.25, 0.3) is 0 Å². The second kappa shape index (κ2) is 6.28. The molecule has 0 N–H and O–H groups in total. The van der Waals surface area contributed by atoms with Gasteiger partial charge >= 0.3 is 12.1 Å². The van der Waals surface area contributed by atoms with Gasteiger partial charge in [-0.15, -0.1) is 0 Å². The minimum absolute atomic E-state index is 0.126. The first-order valence-corrected chi connectivity index (χ1v) is 7.80. The van der Waals surface area contributed by atoms with Gasteiger partial charge in [-0.1, -0.05) is 6.08 Å². The van der Waals surface area contributed by atoms with Crippen LogP contribution in [0.15, 0.2) is 11.6 Å². The van der Waals surface area contributed by atoms with E-state index in [1.54, 1.807) is 11.8 Å². The molecule has 0 saturated carbocycles. The first-order valence-electron chi connectivity index (χ1n) is 7.80. The van der Waals surface area contributed by atoms with Crippen LogP contribution in [0.25, 0.3) is 0 Å². The zero-order valence-electron chi connectivity index (χ0n) is 14.1. The Kier molecular flexibility index (Phi) is 4.80. The first-order chi connectivity index (χ1) is 10.2. The van der Waals surface area contributed by atoms with Crippen LogP contribution in [-0.2, 0) is 14.3 Å². The van der Waals surface area contributed by atoms with Crippen molar-refractivity contribution < 1.29 is 19.1 Å². The standard InChI is InChI=1S/C16H26N2O4/c1-6-21-14(19)12-8-7-11-9-18(10-13(12)17(11)5)15(20)22-16(2,3)4/h8,11,13H,6-7,9-10H2,1-5H3. The number of esters is 1. The van der Waals surface area contributed by atoms with Gasteiger partial charge in [0.1, 0.15) is 5.60 Å². The summed E-state index contributed by atoms with van der Waals surface area (Å²) in [5.41, 5.74) is 0.129. The number of hydrogen-bond acceptors (Lipinski definition) is 5. The lowest BCUT2D eigenvalue weighted by Gasteiger charge is -2.47. The summed E-state index contributed by atoms with van der Waals surface area (Å²) in [7, 11) is 1.99. The summed E-state index contributed by atoms with van der Waals surface area (Å²) in [6, 6.07) is 0.0866. The number of carbonyl (C=O) groups excluding carboxylic acids is 2. The van der Waals surface area contributed by atoms with Crippen molar-refractivity contribution >= 4 is 12.1 Å². The molecule has 2 unspecified atom stereocenters. The number of carbonyl (C=O) groups is 2. The molecule has 2 heterocycles. The monoisotopic (exact) mass is 310 g/mol. The number of fused-ring (bicyclic) bond motifs is 2. The molecule has 2 rings (SSSR count). The molecule has 0 spiro atoms. The Labute approximate surface area is 132 Å². The highest BCUT2D eigenvalue weighted by atomic mass is 16.6. The van der Waals surface area contributed by atoms with E-state index in [1.165, 1.54) is 0 Å². The van der Waals surface area contributed by atoms with Crippen LogP contribution < -0.4 is 0 Å². The molecule has 0 aromatic heterocycles. The van der Waals surface area contributed by atoms with Crippen LogP contribution in [-0.4, -0.2) is 66.3 Å². The summed E-state index contributed by atoms with van der Waals surface area (Å²) in [5, 5.41) is 0. The van der Waals surface area contributed by atoms with Gasteiger partial charge in [0.05, 0.1) is 18.2 Å². The van der Waals surface area contributed by atoms with E-state index in [1.807, 2.05) is 33.9 Å². The Hall–Kier alpha value is -1.56. The fourth-order valence-corrected chi connectivity index (χ4v) is 2.92. The molecule has 6 nitrogen and oxygen atoms in total. The van der Waals surface area contributed by atoms with Crippen molar-refractivity contribution in [1.29, 1.82) is 0 Å². The van der Waals surface area contributed by atoms with Crippen molar-refractivity contribution in [2.24, 2.45) is 0 Å². The van der Waals surface area contributed by atoms with Crippen LogP contribution in [0.4, 0.5) is 4.79 Å². The van der Waals surface area contributed by atoms with E-state index in [-0.39, 0.29) is 24.1 Å². The van der Waals surface area contributed by atoms with E-state index in [0.717, 1.165) is 6.42 Å². The lowest BCUT2D eigenvalue weighted by atomic mass is 9.91. The maximum atomic E-state index is 12.3. The quantitative estimate of drug-likeness (QED) is 0.728. The van der Waals surface area contributed by atoms with E-state index in [9.17, 15) is 9.59 Å². The molecule has 2 aliphatic heterocycles. The van der Waals surface area contributed by atoms with Gasteiger partial charge in [0, 0.05) is 19.1 Å². The summed E-state index contributed by atoms with van der Waals surface area (Å²) in [6.45, 7) is 8.78. The molecule has 124 valence electrons. The maximum absolute atomic E-state index is 12.3. The normalized spacial score (nSPS) is 25.5. The molecule has 2 atom stereocenters. The summed E-state index contributed by atoms with van der Waals surface area (Å²) < 4.78 is 10.6. The second-order valence-electron chi connectivity index (χ2n) is 6.84. The zero-order chi connectivity index (χ0) is 16.5. The lowest BCUT2D eigenvalue weighted by Crippen LogP contribution is -2.61. The lowest BCUT2D eigenvalue weighted by molar-refractivity contribution is -0.140. The number of amides is 1. The van der Waals surface area contributed by atoms with Gasteiger partial charge in [0.15, 0.2) is 0 Å². The molecule has 2 aliphatic rings. The van der Waals surface area contributed by atoms with E-state index in [0.29, 0.717) is 25.3 Å². The van der Waals surface area contributed by atoms with Gasteiger partial charge in [0.2, 0.25) is 0 Å². The van der Waals surface area contributed by atoms with Gasteiger partial charge in [-0.05, 0) is 41.2 Å². The highest BCUT2D eigenvalue weighted by Crippen LogP contribution is 2.29. The molecule has 1 amide bonds. The molecule has 6 heteroatoms. The predicted molar refractivity (Wildman–Crippen MR) is 82.5 cm³/mol.